The summed E-state index contributed by atoms with van der Waals surface area (Å²) in [5.41, 5.74) is 8.02. The third-order valence-electron chi connectivity index (χ3n) is 2.97. The van der Waals surface area contributed by atoms with Crippen molar-refractivity contribution in [1.82, 2.24) is 25.1 Å². The van der Waals surface area contributed by atoms with Crippen LogP contribution in [0.25, 0.3) is 23.0 Å². The van der Waals surface area contributed by atoms with Gasteiger partial charge in [0.15, 0.2) is 5.69 Å². The Morgan fingerprint density at radius 3 is 3.00 bits per heavy atom. The summed E-state index contributed by atoms with van der Waals surface area (Å²) in [7, 11) is 0. The van der Waals surface area contributed by atoms with Gasteiger partial charge in [-0.15, -0.1) is 5.10 Å². The van der Waals surface area contributed by atoms with Crippen LogP contribution in [0.2, 0.25) is 0 Å². The van der Waals surface area contributed by atoms with E-state index in [4.69, 9.17) is 10.3 Å². The van der Waals surface area contributed by atoms with E-state index in [0.717, 1.165) is 15.6 Å². The summed E-state index contributed by atoms with van der Waals surface area (Å²) in [5.74, 6) is 0.851. The van der Waals surface area contributed by atoms with Crippen molar-refractivity contribution in [2.45, 2.75) is 13.5 Å². The van der Waals surface area contributed by atoms with Gasteiger partial charge in [0.2, 0.25) is 5.82 Å². The lowest BCUT2D eigenvalue weighted by molar-refractivity contribution is 0.431. The molecule has 0 aliphatic heterocycles. The highest BCUT2D eigenvalue weighted by Gasteiger charge is 2.14. The van der Waals surface area contributed by atoms with Crippen LogP contribution in [0.1, 0.15) is 5.56 Å². The number of rotatable bonds is 4. The fourth-order valence-electron chi connectivity index (χ4n) is 1.81. The Bertz CT molecular complexity index is 766. The second-order valence-corrected chi connectivity index (χ2v) is 5.40. The zero-order chi connectivity index (χ0) is 14.8. The molecule has 2 N–H and O–H groups in total. The van der Waals surface area contributed by atoms with Gasteiger partial charge in [0.1, 0.15) is 0 Å². The average Bonchev–Trinajstić information content (AvgIpc) is 3.11. The molecule has 0 atom stereocenters. The van der Waals surface area contributed by atoms with Gasteiger partial charge in [0.05, 0.1) is 12.7 Å². The fourth-order valence-corrected chi connectivity index (χ4v) is 2.19. The molecule has 2 aromatic heterocycles. The minimum atomic E-state index is 0.338. The number of nitrogens with two attached hydrogens (primary N) is 1. The van der Waals surface area contributed by atoms with E-state index in [1.54, 1.807) is 10.9 Å². The van der Waals surface area contributed by atoms with E-state index in [9.17, 15) is 0 Å². The Hall–Kier alpha value is -2.06. The Kier molecular flexibility index (Phi) is 3.80. The lowest BCUT2D eigenvalue weighted by atomic mass is 10.1. The van der Waals surface area contributed by atoms with Gasteiger partial charge in [-0.3, -0.25) is 4.68 Å². The largest absolute Gasteiger partial charge is 0.332 e. The molecule has 0 amide bonds. The van der Waals surface area contributed by atoms with Crippen molar-refractivity contribution < 1.29 is 4.52 Å². The summed E-state index contributed by atoms with van der Waals surface area (Å²) in [4.78, 5) is 4.35. The summed E-state index contributed by atoms with van der Waals surface area (Å²) in [5, 5.41) is 11.9. The lowest BCUT2D eigenvalue weighted by Gasteiger charge is -1.99. The molecule has 21 heavy (non-hydrogen) atoms. The van der Waals surface area contributed by atoms with Crippen LogP contribution < -0.4 is 5.73 Å². The van der Waals surface area contributed by atoms with Gasteiger partial charge in [-0.25, -0.2) is 0 Å². The standard InChI is InChI=1S/C13H13BrN6O/c1-8-2-3-9(6-10(8)14)12-16-13(21-18-12)11-7-20(5-4-15)19-17-11/h2-3,6-7H,4-5,15H2,1H3. The van der Waals surface area contributed by atoms with Crippen molar-refractivity contribution >= 4 is 15.9 Å². The van der Waals surface area contributed by atoms with E-state index in [1.807, 2.05) is 25.1 Å². The highest BCUT2D eigenvalue weighted by molar-refractivity contribution is 9.10. The Morgan fingerprint density at radius 2 is 2.24 bits per heavy atom. The van der Waals surface area contributed by atoms with E-state index in [2.05, 4.69) is 36.4 Å². The van der Waals surface area contributed by atoms with Gasteiger partial charge in [0, 0.05) is 16.6 Å². The van der Waals surface area contributed by atoms with Crippen LogP contribution in [0.3, 0.4) is 0 Å². The van der Waals surface area contributed by atoms with Gasteiger partial charge in [-0.05, 0) is 18.6 Å². The van der Waals surface area contributed by atoms with E-state index in [0.29, 0.717) is 30.5 Å². The first-order chi connectivity index (χ1) is 10.2. The maximum absolute atomic E-state index is 5.47. The number of nitrogens with zero attached hydrogens (tertiary/aromatic N) is 5. The van der Waals surface area contributed by atoms with Gasteiger partial charge in [0.25, 0.3) is 5.89 Å². The molecule has 8 heteroatoms. The molecular weight excluding hydrogens is 336 g/mol. The maximum atomic E-state index is 5.47. The number of halogens is 1. The predicted octanol–water partition coefficient (Wildman–Crippen LogP) is 2.02. The molecule has 0 radical (unpaired) electrons. The number of hydrogen-bond acceptors (Lipinski definition) is 6. The molecular formula is C13H13BrN6O. The molecule has 7 nitrogen and oxygen atoms in total. The number of aryl methyl sites for hydroxylation is 1. The second-order valence-electron chi connectivity index (χ2n) is 4.54. The SMILES string of the molecule is Cc1ccc(-c2noc(-c3cn(CCN)nn3)n2)cc1Br. The fraction of sp³-hybridized carbons (Fsp3) is 0.231. The first-order valence-corrected chi connectivity index (χ1v) is 7.17. The van der Waals surface area contributed by atoms with Crippen molar-refractivity contribution in [3.05, 3.63) is 34.4 Å². The topological polar surface area (TPSA) is 95.7 Å². The quantitative estimate of drug-likeness (QED) is 0.774. The highest BCUT2D eigenvalue weighted by atomic mass is 79.9. The van der Waals surface area contributed by atoms with Crippen LogP contribution >= 0.6 is 15.9 Å². The van der Waals surface area contributed by atoms with E-state index in [1.165, 1.54) is 0 Å². The van der Waals surface area contributed by atoms with E-state index < -0.39 is 0 Å². The lowest BCUT2D eigenvalue weighted by Crippen LogP contribution is -2.10. The Morgan fingerprint density at radius 1 is 1.38 bits per heavy atom. The minimum Gasteiger partial charge on any atom is -0.332 e. The van der Waals surface area contributed by atoms with E-state index >= 15 is 0 Å². The first kappa shape index (κ1) is 13.9. The van der Waals surface area contributed by atoms with Crippen molar-refractivity contribution in [2.24, 2.45) is 5.73 Å². The van der Waals surface area contributed by atoms with Crippen molar-refractivity contribution in [3.8, 4) is 23.0 Å². The van der Waals surface area contributed by atoms with Crippen molar-refractivity contribution in [3.63, 3.8) is 0 Å². The molecule has 0 bridgehead atoms. The predicted molar refractivity (Wildman–Crippen MR) is 80.2 cm³/mol. The van der Waals surface area contributed by atoms with Crippen molar-refractivity contribution in [2.75, 3.05) is 6.54 Å². The van der Waals surface area contributed by atoms with Crippen LogP contribution in [0.5, 0.6) is 0 Å². The monoisotopic (exact) mass is 348 g/mol. The number of benzene rings is 1. The summed E-state index contributed by atoms with van der Waals surface area (Å²) in [6, 6.07) is 5.89. The molecule has 0 fully saturated rings. The van der Waals surface area contributed by atoms with Crippen LogP contribution in [0.4, 0.5) is 0 Å². The van der Waals surface area contributed by atoms with Gasteiger partial charge in [-0.1, -0.05) is 38.4 Å². The molecule has 0 saturated heterocycles. The molecule has 3 aromatic rings. The second kappa shape index (κ2) is 5.74. The highest BCUT2D eigenvalue weighted by Crippen LogP contribution is 2.25. The molecule has 0 aliphatic rings. The molecule has 3 rings (SSSR count). The van der Waals surface area contributed by atoms with Crippen LogP contribution in [-0.2, 0) is 6.54 Å². The zero-order valence-electron chi connectivity index (χ0n) is 11.3. The average molecular weight is 349 g/mol. The summed E-state index contributed by atoms with van der Waals surface area (Å²) >= 11 is 3.49. The van der Waals surface area contributed by atoms with Gasteiger partial charge < -0.3 is 10.3 Å². The Balaban J connectivity index is 1.89. The smallest absolute Gasteiger partial charge is 0.280 e. The molecule has 0 saturated carbocycles. The number of aromatic nitrogens is 5. The normalized spacial score (nSPS) is 11.0. The zero-order valence-corrected chi connectivity index (χ0v) is 12.9. The molecule has 0 unspecified atom stereocenters. The maximum Gasteiger partial charge on any atom is 0.280 e. The third-order valence-corrected chi connectivity index (χ3v) is 3.83. The van der Waals surface area contributed by atoms with Crippen molar-refractivity contribution in [1.29, 1.82) is 0 Å². The summed E-state index contributed by atoms with van der Waals surface area (Å²) in [6.07, 6.45) is 1.73. The van der Waals surface area contributed by atoms with Crippen LogP contribution in [0.15, 0.2) is 33.4 Å². The molecule has 2 heterocycles. The van der Waals surface area contributed by atoms with Gasteiger partial charge in [-0.2, -0.15) is 4.98 Å². The third kappa shape index (κ3) is 2.86. The molecule has 108 valence electrons. The number of hydrogen-bond donors (Lipinski definition) is 1. The summed E-state index contributed by atoms with van der Waals surface area (Å²) in [6.45, 7) is 3.11. The first-order valence-electron chi connectivity index (χ1n) is 6.38. The van der Waals surface area contributed by atoms with E-state index in [-0.39, 0.29) is 0 Å². The van der Waals surface area contributed by atoms with Gasteiger partial charge >= 0.3 is 0 Å². The Labute approximate surface area is 129 Å². The van der Waals surface area contributed by atoms with Crippen LogP contribution in [-0.4, -0.2) is 31.7 Å². The molecule has 0 aliphatic carbocycles. The summed E-state index contributed by atoms with van der Waals surface area (Å²) < 4.78 is 7.88. The van der Waals surface area contributed by atoms with Crippen LogP contribution in [0, 0.1) is 6.92 Å². The molecule has 1 aromatic carbocycles. The molecule has 0 spiro atoms. The minimum absolute atomic E-state index is 0.338.